The van der Waals surface area contributed by atoms with Gasteiger partial charge in [0.25, 0.3) is 5.91 Å². The van der Waals surface area contributed by atoms with Crippen molar-refractivity contribution in [1.82, 2.24) is 14.7 Å². The number of hydrogen-bond acceptors (Lipinski definition) is 4. The second kappa shape index (κ2) is 10.7. The molecule has 1 atom stereocenters. The Kier molecular flexibility index (Phi) is 7.77. The second-order valence-electron chi connectivity index (χ2n) is 10.1. The highest BCUT2D eigenvalue weighted by Gasteiger charge is 2.35. The molecule has 0 radical (unpaired) electrons. The highest BCUT2D eigenvalue weighted by Crippen LogP contribution is 2.38. The maximum atomic E-state index is 13.7. The first kappa shape index (κ1) is 28.2. The molecular formula is C29H33F4N5O. The Balaban J connectivity index is 1.55. The van der Waals surface area contributed by atoms with Gasteiger partial charge in [0.15, 0.2) is 0 Å². The van der Waals surface area contributed by atoms with Gasteiger partial charge in [-0.25, -0.2) is 4.39 Å². The molecule has 1 saturated heterocycles. The van der Waals surface area contributed by atoms with Crippen molar-refractivity contribution in [3.8, 4) is 0 Å². The number of anilines is 2. The number of nitrogens with zero attached hydrogens (tertiary/aromatic N) is 4. The van der Waals surface area contributed by atoms with Gasteiger partial charge in [0.1, 0.15) is 5.82 Å². The lowest BCUT2D eigenvalue weighted by atomic mass is 9.92. The van der Waals surface area contributed by atoms with Gasteiger partial charge in [-0.2, -0.15) is 18.3 Å². The lowest BCUT2D eigenvalue weighted by molar-refractivity contribution is -0.137. The van der Waals surface area contributed by atoms with Crippen molar-refractivity contribution in [3.63, 3.8) is 0 Å². The van der Waals surface area contributed by atoms with Crippen molar-refractivity contribution < 1.29 is 22.4 Å². The molecule has 0 saturated carbocycles. The Bertz CT molecular complexity index is 1410. The summed E-state index contributed by atoms with van der Waals surface area (Å²) in [7, 11) is 3.62. The van der Waals surface area contributed by atoms with Gasteiger partial charge in [-0.3, -0.25) is 9.48 Å². The Morgan fingerprint density at radius 1 is 1.21 bits per heavy atom. The molecule has 3 aromatic rings. The van der Waals surface area contributed by atoms with Crippen LogP contribution in [0, 0.1) is 25.6 Å². The molecule has 10 heteroatoms. The SMILES string of the molecule is C/C=C(/C1CN(c2cnn(C)c2)C1)N(C)C(=O)c1cc(C)cc([C@@H](C)Nc2ccc(F)cc2C(F)(F)F)c1C. The third-order valence-electron chi connectivity index (χ3n) is 7.29. The minimum Gasteiger partial charge on any atom is -0.378 e. The molecule has 4 rings (SSSR count). The van der Waals surface area contributed by atoms with Gasteiger partial charge < -0.3 is 15.1 Å². The van der Waals surface area contributed by atoms with Crippen molar-refractivity contribution in [2.75, 3.05) is 30.4 Å². The zero-order valence-corrected chi connectivity index (χ0v) is 22.9. The minimum atomic E-state index is -4.72. The summed E-state index contributed by atoms with van der Waals surface area (Å²) >= 11 is 0. The van der Waals surface area contributed by atoms with Crippen LogP contribution in [-0.2, 0) is 13.2 Å². The zero-order valence-electron chi connectivity index (χ0n) is 22.9. The average Bonchev–Trinajstić information content (AvgIpc) is 3.27. The number of halogens is 4. The number of carbonyl (C=O) groups excluding carboxylic acids is 1. The van der Waals surface area contributed by atoms with Crippen LogP contribution in [0.3, 0.4) is 0 Å². The first-order valence-corrected chi connectivity index (χ1v) is 12.7. The van der Waals surface area contributed by atoms with Crippen molar-refractivity contribution in [2.45, 2.75) is 39.9 Å². The molecule has 2 aromatic carbocycles. The average molecular weight is 544 g/mol. The first-order valence-electron chi connectivity index (χ1n) is 12.7. The number of benzene rings is 2. The molecule has 6 nitrogen and oxygen atoms in total. The van der Waals surface area contributed by atoms with Crippen LogP contribution in [0.25, 0.3) is 0 Å². The monoisotopic (exact) mass is 543 g/mol. The van der Waals surface area contributed by atoms with Crippen LogP contribution in [-0.4, -0.2) is 40.7 Å². The second-order valence-corrected chi connectivity index (χ2v) is 10.1. The highest BCUT2D eigenvalue weighted by atomic mass is 19.4. The van der Waals surface area contributed by atoms with Crippen LogP contribution in [0.4, 0.5) is 28.9 Å². The third-order valence-corrected chi connectivity index (χ3v) is 7.29. The van der Waals surface area contributed by atoms with E-state index in [1.807, 2.05) is 45.4 Å². The lowest BCUT2D eigenvalue weighted by Crippen LogP contribution is -2.50. The standard InChI is InChI=1S/C29H33F4N5O/c1-7-27(20-14-38(15-20)22-13-34-36(5)16-22)37(6)28(39)24-11-17(2)10-23(18(24)3)19(4)35-26-9-8-21(30)12-25(26)29(31,32)33/h7-13,16,19-20,35H,14-15H2,1-6H3/b27-7-/t19-/m1/s1. The van der Waals surface area contributed by atoms with E-state index in [9.17, 15) is 22.4 Å². The van der Waals surface area contributed by atoms with E-state index in [0.717, 1.165) is 42.2 Å². The number of alkyl halides is 3. The van der Waals surface area contributed by atoms with E-state index < -0.39 is 23.6 Å². The van der Waals surface area contributed by atoms with E-state index in [1.54, 1.807) is 36.5 Å². The van der Waals surface area contributed by atoms with Crippen molar-refractivity contribution in [3.05, 3.63) is 88.1 Å². The number of carbonyl (C=O) groups is 1. The molecule has 1 amide bonds. The van der Waals surface area contributed by atoms with Gasteiger partial charge in [-0.15, -0.1) is 0 Å². The van der Waals surface area contributed by atoms with Gasteiger partial charge in [-0.05, 0) is 68.7 Å². The topological polar surface area (TPSA) is 53.4 Å². The lowest BCUT2D eigenvalue weighted by Gasteiger charge is -2.43. The number of allylic oxidation sites excluding steroid dienone is 1. The minimum absolute atomic E-state index is 0.175. The fourth-order valence-corrected chi connectivity index (χ4v) is 5.20. The van der Waals surface area contributed by atoms with E-state index in [4.69, 9.17) is 0 Å². The Morgan fingerprint density at radius 3 is 2.49 bits per heavy atom. The number of amides is 1. The maximum absolute atomic E-state index is 13.7. The van der Waals surface area contributed by atoms with E-state index in [-0.39, 0.29) is 17.5 Å². The summed E-state index contributed by atoms with van der Waals surface area (Å²) in [5.74, 6) is -0.970. The molecule has 0 aliphatic carbocycles. The van der Waals surface area contributed by atoms with Crippen LogP contribution >= 0.6 is 0 Å². The molecule has 208 valence electrons. The maximum Gasteiger partial charge on any atom is 0.418 e. The molecular weight excluding hydrogens is 510 g/mol. The third kappa shape index (κ3) is 5.79. The van der Waals surface area contributed by atoms with E-state index in [0.29, 0.717) is 22.8 Å². The number of rotatable bonds is 7. The molecule has 1 aliphatic rings. The number of aryl methyl sites for hydroxylation is 2. The van der Waals surface area contributed by atoms with E-state index in [2.05, 4.69) is 15.3 Å². The smallest absolute Gasteiger partial charge is 0.378 e. The molecule has 1 aliphatic heterocycles. The molecule has 2 heterocycles. The summed E-state index contributed by atoms with van der Waals surface area (Å²) in [5.41, 5.74) is 3.31. The van der Waals surface area contributed by atoms with Crippen molar-refractivity contribution >= 4 is 17.3 Å². The van der Waals surface area contributed by atoms with Gasteiger partial charge in [0.2, 0.25) is 0 Å². The number of aromatic nitrogens is 2. The summed E-state index contributed by atoms with van der Waals surface area (Å²) in [4.78, 5) is 17.6. The predicted molar refractivity (Wildman–Crippen MR) is 144 cm³/mol. The Hall–Kier alpha value is -3.82. The van der Waals surface area contributed by atoms with Gasteiger partial charge in [-0.1, -0.05) is 12.1 Å². The van der Waals surface area contributed by atoms with Crippen molar-refractivity contribution in [2.24, 2.45) is 13.0 Å². The fourth-order valence-electron chi connectivity index (χ4n) is 5.20. The van der Waals surface area contributed by atoms with Crippen molar-refractivity contribution in [1.29, 1.82) is 0 Å². The molecule has 1 fully saturated rings. The Morgan fingerprint density at radius 2 is 1.90 bits per heavy atom. The highest BCUT2D eigenvalue weighted by molar-refractivity contribution is 5.97. The molecule has 39 heavy (non-hydrogen) atoms. The predicted octanol–water partition coefficient (Wildman–Crippen LogP) is 6.48. The molecule has 1 N–H and O–H groups in total. The largest absolute Gasteiger partial charge is 0.418 e. The summed E-state index contributed by atoms with van der Waals surface area (Å²) in [6.07, 6.45) is 1.01. The fraction of sp³-hybridized carbons (Fsp3) is 0.379. The van der Waals surface area contributed by atoms with Crippen LogP contribution in [0.15, 0.2) is 54.5 Å². The van der Waals surface area contributed by atoms with Crippen LogP contribution < -0.4 is 10.2 Å². The van der Waals surface area contributed by atoms with Gasteiger partial charge in [0.05, 0.1) is 17.4 Å². The zero-order chi connectivity index (χ0) is 28.6. The molecule has 1 aromatic heterocycles. The normalized spacial score (nSPS) is 15.2. The van der Waals surface area contributed by atoms with E-state index >= 15 is 0 Å². The summed E-state index contributed by atoms with van der Waals surface area (Å²) < 4.78 is 56.0. The molecule has 0 bridgehead atoms. The quantitative estimate of drug-likeness (QED) is 0.347. The van der Waals surface area contributed by atoms with Gasteiger partial charge >= 0.3 is 6.18 Å². The number of nitrogens with one attached hydrogen (secondary N) is 1. The number of hydrogen-bond donors (Lipinski definition) is 1. The Labute approximate surface area is 225 Å². The van der Waals surface area contributed by atoms with Crippen LogP contribution in [0.2, 0.25) is 0 Å². The molecule has 0 spiro atoms. The summed E-state index contributed by atoms with van der Waals surface area (Å²) in [6, 6.07) is 5.65. The van der Waals surface area contributed by atoms with Crippen LogP contribution in [0.5, 0.6) is 0 Å². The van der Waals surface area contributed by atoms with E-state index in [1.165, 1.54) is 0 Å². The van der Waals surface area contributed by atoms with Crippen LogP contribution in [0.1, 0.15) is 52.5 Å². The first-order chi connectivity index (χ1) is 18.3. The molecule has 0 unspecified atom stereocenters. The van der Waals surface area contributed by atoms with Gasteiger partial charge in [0, 0.05) is 62.3 Å². The summed E-state index contributed by atoms with van der Waals surface area (Å²) in [5, 5.41) is 7.10. The summed E-state index contributed by atoms with van der Waals surface area (Å²) in [6.45, 7) is 8.81.